The summed E-state index contributed by atoms with van der Waals surface area (Å²) in [5, 5.41) is 0. The highest BCUT2D eigenvalue weighted by molar-refractivity contribution is 7.87. The molecule has 2 bridgehead atoms. The fourth-order valence-corrected chi connectivity index (χ4v) is 7.44. The van der Waals surface area contributed by atoms with Crippen LogP contribution >= 0.6 is 0 Å². The van der Waals surface area contributed by atoms with E-state index in [4.69, 9.17) is 4.42 Å². The Kier molecular flexibility index (Phi) is 5.05. The van der Waals surface area contributed by atoms with Gasteiger partial charge in [0.1, 0.15) is 12.3 Å². The lowest BCUT2D eigenvalue weighted by Crippen LogP contribution is -2.52. The molecule has 3 unspecified atom stereocenters. The molecule has 1 aromatic carbocycles. The summed E-state index contributed by atoms with van der Waals surface area (Å²) in [6.45, 7) is 4.56. The first kappa shape index (κ1) is 22.9. The Hall–Kier alpha value is -1.91. The normalized spacial score (nSPS) is 29.4. The maximum absolute atomic E-state index is 13.0. The van der Waals surface area contributed by atoms with E-state index in [2.05, 4.69) is 30.5 Å². The molecular formula is C23H28F3N3O3S. The zero-order chi connectivity index (χ0) is 23.8. The molecule has 1 saturated carbocycles. The maximum Gasteiger partial charge on any atom is 0.402 e. The molecular weight excluding hydrogens is 455 g/mol. The topological polar surface area (TPSA) is 75.4 Å². The minimum atomic E-state index is -4.58. The lowest BCUT2D eigenvalue weighted by Gasteiger charge is -2.33. The number of fused-ring (bicyclic) bond motifs is 1. The van der Waals surface area contributed by atoms with E-state index < -0.39 is 28.5 Å². The molecule has 0 amide bonds. The summed E-state index contributed by atoms with van der Waals surface area (Å²) in [5.41, 5.74) is 2.02. The number of aromatic nitrogens is 1. The molecule has 10 heteroatoms. The van der Waals surface area contributed by atoms with Crippen molar-refractivity contribution >= 4 is 10.2 Å². The van der Waals surface area contributed by atoms with Gasteiger partial charge in [-0.1, -0.05) is 26.8 Å². The SMILES string of the molecule is CC(C)(C)c1cnc(-c2ccc3c(c2)CC2CCC(C3)C23CN(CC(F)(F)F)S(=O)(=O)N3)o1. The number of oxazole rings is 1. The molecule has 2 aromatic rings. The molecule has 1 aliphatic heterocycles. The maximum atomic E-state index is 13.0. The van der Waals surface area contributed by atoms with Gasteiger partial charge in [-0.15, -0.1) is 0 Å². The third-order valence-electron chi connectivity index (χ3n) is 7.40. The van der Waals surface area contributed by atoms with Gasteiger partial charge in [-0.05, 0) is 60.8 Å². The van der Waals surface area contributed by atoms with Crippen molar-refractivity contribution in [3.05, 3.63) is 41.3 Å². The fourth-order valence-electron chi connectivity index (χ4n) is 5.73. The van der Waals surface area contributed by atoms with Gasteiger partial charge in [0, 0.05) is 17.5 Å². The van der Waals surface area contributed by atoms with E-state index >= 15 is 0 Å². The first-order valence-corrected chi connectivity index (χ1v) is 12.7. The third-order valence-corrected chi connectivity index (χ3v) is 8.98. The Balaban J connectivity index is 1.46. The highest BCUT2D eigenvalue weighted by Gasteiger charge is 2.60. The van der Waals surface area contributed by atoms with E-state index in [0.717, 1.165) is 35.3 Å². The quantitative estimate of drug-likeness (QED) is 0.694. The molecule has 6 nitrogen and oxygen atoms in total. The first-order chi connectivity index (χ1) is 15.3. The van der Waals surface area contributed by atoms with E-state index in [9.17, 15) is 21.6 Å². The van der Waals surface area contributed by atoms with Crippen LogP contribution in [0, 0.1) is 11.8 Å². The lowest BCUT2D eigenvalue weighted by atomic mass is 9.79. The van der Waals surface area contributed by atoms with Crippen LogP contribution in [0.3, 0.4) is 0 Å². The second-order valence-corrected chi connectivity index (χ2v) is 12.3. The Morgan fingerprint density at radius 2 is 1.82 bits per heavy atom. The predicted octanol–water partition coefficient (Wildman–Crippen LogP) is 4.22. The van der Waals surface area contributed by atoms with Gasteiger partial charge in [0.2, 0.25) is 5.89 Å². The van der Waals surface area contributed by atoms with Crippen LogP contribution < -0.4 is 4.72 Å². The van der Waals surface area contributed by atoms with Crippen molar-refractivity contribution in [2.75, 3.05) is 13.1 Å². The van der Waals surface area contributed by atoms with Crippen molar-refractivity contribution < 1.29 is 26.0 Å². The molecule has 1 N–H and O–H groups in total. The molecule has 2 aliphatic carbocycles. The molecule has 2 heterocycles. The van der Waals surface area contributed by atoms with Crippen molar-refractivity contribution in [3.63, 3.8) is 0 Å². The minimum Gasteiger partial charge on any atom is -0.441 e. The van der Waals surface area contributed by atoms with Crippen LogP contribution in [0.1, 0.15) is 50.5 Å². The minimum absolute atomic E-state index is 0.0446. The van der Waals surface area contributed by atoms with Crippen molar-refractivity contribution in [1.82, 2.24) is 14.0 Å². The number of nitrogens with one attached hydrogen (secondary N) is 1. The Morgan fingerprint density at radius 3 is 2.42 bits per heavy atom. The molecule has 180 valence electrons. The van der Waals surface area contributed by atoms with Crippen molar-refractivity contribution in [1.29, 1.82) is 0 Å². The van der Waals surface area contributed by atoms with Crippen LogP contribution in [0.25, 0.3) is 11.5 Å². The molecule has 2 fully saturated rings. The summed E-state index contributed by atoms with van der Waals surface area (Å²) in [5.74, 6) is 1.21. The molecule has 33 heavy (non-hydrogen) atoms. The summed E-state index contributed by atoms with van der Waals surface area (Å²) in [7, 11) is -4.18. The number of rotatable bonds is 2. The Morgan fingerprint density at radius 1 is 1.15 bits per heavy atom. The fraction of sp³-hybridized carbons (Fsp3) is 0.609. The summed E-state index contributed by atoms with van der Waals surface area (Å²) in [4.78, 5) is 4.44. The zero-order valence-corrected chi connectivity index (χ0v) is 19.7. The summed E-state index contributed by atoms with van der Waals surface area (Å²) in [6, 6.07) is 6.02. The Bertz CT molecular complexity index is 1190. The van der Waals surface area contributed by atoms with Crippen molar-refractivity contribution in [3.8, 4) is 11.5 Å². The largest absolute Gasteiger partial charge is 0.441 e. The number of halogens is 3. The number of benzene rings is 1. The smallest absolute Gasteiger partial charge is 0.402 e. The molecule has 1 aromatic heterocycles. The molecule has 3 atom stereocenters. The van der Waals surface area contributed by atoms with Crippen LogP contribution in [-0.2, 0) is 28.5 Å². The van der Waals surface area contributed by atoms with Crippen LogP contribution in [0.5, 0.6) is 0 Å². The van der Waals surface area contributed by atoms with Gasteiger partial charge < -0.3 is 4.42 Å². The zero-order valence-electron chi connectivity index (χ0n) is 18.9. The van der Waals surface area contributed by atoms with Gasteiger partial charge in [0.25, 0.3) is 10.2 Å². The van der Waals surface area contributed by atoms with Gasteiger partial charge in [-0.25, -0.2) is 4.98 Å². The Labute approximate surface area is 191 Å². The monoisotopic (exact) mass is 483 g/mol. The molecule has 1 spiro atoms. The summed E-state index contributed by atoms with van der Waals surface area (Å²) >= 11 is 0. The third kappa shape index (κ3) is 4.00. The molecule has 1 saturated heterocycles. The highest BCUT2D eigenvalue weighted by Crippen LogP contribution is 2.50. The van der Waals surface area contributed by atoms with Gasteiger partial charge in [-0.3, -0.25) is 0 Å². The van der Waals surface area contributed by atoms with E-state index in [0.29, 0.717) is 23.0 Å². The van der Waals surface area contributed by atoms with E-state index in [1.165, 1.54) is 0 Å². The summed E-state index contributed by atoms with van der Waals surface area (Å²) < 4.78 is 73.6. The predicted molar refractivity (Wildman–Crippen MR) is 117 cm³/mol. The van der Waals surface area contributed by atoms with E-state index in [1.807, 2.05) is 18.2 Å². The average Bonchev–Trinajstić information content (AvgIpc) is 3.30. The van der Waals surface area contributed by atoms with Gasteiger partial charge >= 0.3 is 6.18 Å². The molecule has 3 aliphatic rings. The van der Waals surface area contributed by atoms with Crippen LogP contribution in [0.2, 0.25) is 0 Å². The van der Waals surface area contributed by atoms with Crippen LogP contribution in [-0.4, -0.2) is 42.5 Å². The van der Waals surface area contributed by atoms with Crippen LogP contribution in [0.4, 0.5) is 13.2 Å². The van der Waals surface area contributed by atoms with Crippen molar-refractivity contribution in [2.24, 2.45) is 11.8 Å². The standard InChI is InChI=1S/C23H28F3N3O3S/c1-21(2,3)19-11-27-20(32-19)15-5-4-14-9-17-6-7-18(10-16(14)8-15)22(17)12-29(13-23(24,25)26)33(30,31)28-22/h4-5,8,11,17-18,28H,6-7,9-10,12-13H2,1-3H3. The second-order valence-electron chi connectivity index (χ2n) is 10.7. The molecule has 5 rings (SSSR count). The highest BCUT2D eigenvalue weighted by atomic mass is 32.2. The van der Waals surface area contributed by atoms with Gasteiger partial charge in [-0.2, -0.15) is 30.6 Å². The van der Waals surface area contributed by atoms with Gasteiger partial charge in [0.05, 0.1) is 11.7 Å². The number of alkyl halides is 3. The molecule has 0 radical (unpaired) electrons. The van der Waals surface area contributed by atoms with Crippen molar-refractivity contribution in [2.45, 2.75) is 63.6 Å². The number of nitrogens with zero attached hydrogens (tertiary/aromatic N) is 2. The summed E-state index contributed by atoms with van der Waals surface area (Å²) in [6.07, 6.45) is -0.0284. The van der Waals surface area contributed by atoms with E-state index in [1.54, 1.807) is 6.20 Å². The van der Waals surface area contributed by atoms with Crippen LogP contribution in [0.15, 0.2) is 28.8 Å². The number of hydrogen-bond acceptors (Lipinski definition) is 4. The first-order valence-electron chi connectivity index (χ1n) is 11.2. The van der Waals surface area contributed by atoms with Gasteiger partial charge in [0.15, 0.2) is 0 Å². The lowest BCUT2D eigenvalue weighted by molar-refractivity contribution is -0.136. The number of hydrogen-bond donors (Lipinski definition) is 1. The average molecular weight is 484 g/mol. The van der Waals surface area contributed by atoms with E-state index in [-0.39, 0.29) is 23.8 Å². The second kappa shape index (κ2) is 7.29.